The van der Waals surface area contributed by atoms with Gasteiger partial charge in [-0.1, -0.05) is 18.9 Å². The van der Waals surface area contributed by atoms with Crippen molar-refractivity contribution in [2.24, 2.45) is 0 Å². The zero-order valence-electron chi connectivity index (χ0n) is 13.9. The molecule has 1 aliphatic rings. The summed E-state index contributed by atoms with van der Waals surface area (Å²) in [5, 5.41) is 12.4. The molecular weight excluding hydrogens is 338 g/mol. The summed E-state index contributed by atoms with van der Waals surface area (Å²) in [6.45, 7) is 3.50. The van der Waals surface area contributed by atoms with E-state index in [-0.39, 0.29) is 12.1 Å². The van der Waals surface area contributed by atoms with Crippen LogP contribution in [0.25, 0.3) is 0 Å². The van der Waals surface area contributed by atoms with Gasteiger partial charge in [0.05, 0.1) is 12.6 Å². The highest BCUT2D eigenvalue weighted by Crippen LogP contribution is 2.25. The molecule has 0 unspecified atom stereocenters. The van der Waals surface area contributed by atoms with Crippen molar-refractivity contribution in [1.29, 1.82) is 0 Å². The predicted molar refractivity (Wildman–Crippen MR) is 102 cm³/mol. The molecule has 6 heteroatoms. The van der Waals surface area contributed by atoms with Crippen molar-refractivity contribution >= 4 is 28.7 Å². The molecule has 3 heterocycles. The van der Waals surface area contributed by atoms with Gasteiger partial charge in [-0.15, -0.1) is 11.3 Å². The maximum atomic E-state index is 12.1. The average Bonchev–Trinajstić information content (AvgIpc) is 3.24. The summed E-state index contributed by atoms with van der Waals surface area (Å²) >= 11 is 3.39. The van der Waals surface area contributed by atoms with Gasteiger partial charge < -0.3 is 10.6 Å². The molecule has 1 atom stereocenters. The van der Waals surface area contributed by atoms with E-state index in [4.69, 9.17) is 0 Å². The Balaban J connectivity index is 1.54. The Morgan fingerprint density at radius 3 is 2.62 bits per heavy atom. The first kappa shape index (κ1) is 17.5. The maximum absolute atomic E-state index is 12.1. The van der Waals surface area contributed by atoms with Crippen LogP contribution < -0.4 is 10.6 Å². The van der Waals surface area contributed by atoms with Crippen molar-refractivity contribution in [2.75, 3.05) is 19.6 Å². The van der Waals surface area contributed by atoms with Gasteiger partial charge in [0.15, 0.2) is 0 Å². The normalized spacial score (nSPS) is 17.2. The summed E-state index contributed by atoms with van der Waals surface area (Å²) in [4.78, 5) is 15.8. The highest BCUT2D eigenvalue weighted by Gasteiger charge is 2.22. The van der Waals surface area contributed by atoms with Crippen LogP contribution in [0, 0.1) is 0 Å². The predicted octanol–water partition coefficient (Wildman–Crippen LogP) is 4.23. The number of nitrogens with one attached hydrogen (secondary N) is 2. The number of thiophene rings is 2. The minimum atomic E-state index is -0.0848. The topological polar surface area (TPSA) is 44.4 Å². The van der Waals surface area contributed by atoms with Gasteiger partial charge in [0.1, 0.15) is 0 Å². The van der Waals surface area contributed by atoms with Crippen LogP contribution in [0.1, 0.15) is 42.2 Å². The van der Waals surface area contributed by atoms with Gasteiger partial charge in [-0.2, -0.15) is 11.3 Å². The van der Waals surface area contributed by atoms with Crippen LogP contribution in [-0.4, -0.2) is 30.6 Å². The molecule has 130 valence electrons. The summed E-state index contributed by atoms with van der Waals surface area (Å²) in [6, 6.07) is 6.42. The summed E-state index contributed by atoms with van der Waals surface area (Å²) in [5.74, 6) is 0. The van der Waals surface area contributed by atoms with Crippen LogP contribution in [0.2, 0.25) is 0 Å². The van der Waals surface area contributed by atoms with Crippen molar-refractivity contribution in [3.05, 3.63) is 44.8 Å². The lowest BCUT2D eigenvalue weighted by Gasteiger charge is -2.30. The molecule has 24 heavy (non-hydrogen) atoms. The fourth-order valence-electron chi connectivity index (χ4n) is 3.16. The fourth-order valence-corrected chi connectivity index (χ4v) is 4.51. The SMILES string of the molecule is O=C(NCc1cccs1)NC[C@@H](c1ccsc1)N1CCCCCC1. The summed E-state index contributed by atoms with van der Waals surface area (Å²) in [6.07, 6.45) is 5.15. The number of carbonyl (C=O) groups excluding carboxylic acids is 1. The lowest BCUT2D eigenvalue weighted by molar-refractivity contribution is 0.196. The van der Waals surface area contributed by atoms with Gasteiger partial charge in [-0.05, 0) is 59.8 Å². The van der Waals surface area contributed by atoms with Gasteiger partial charge in [-0.3, -0.25) is 4.90 Å². The van der Waals surface area contributed by atoms with Gasteiger partial charge in [0.25, 0.3) is 0 Å². The fraction of sp³-hybridized carbons (Fsp3) is 0.500. The molecule has 4 nitrogen and oxygen atoms in total. The van der Waals surface area contributed by atoms with Crippen LogP contribution in [0.3, 0.4) is 0 Å². The molecule has 0 spiro atoms. The second kappa shape index (κ2) is 9.20. The van der Waals surface area contributed by atoms with Crippen molar-refractivity contribution in [1.82, 2.24) is 15.5 Å². The molecular formula is C18H25N3OS2. The highest BCUT2D eigenvalue weighted by atomic mass is 32.1. The van der Waals surface area contributed by atoms with Crippen LogP contribution in [0.4, 0.5) is 4.79 Å². The van der Waals surface area contributed by atoms with Crippen LogP contribution in [0.5, 0.6) is 0 Å². The average molecular weight is 364 g/mol. The Morgan fingerprint density at radius 2 is 1.96 bits per heavy atom. The number of likely N-dealkylation sites (tertiary alicyclic amines) is 1. The smallest absolute Gasteiger partial charge is 0.315 e. The molecule has 0 radical (unpaired) electrons. The molecule has 2 aromatic rings. The Morgan fingerprint density at radius 1 is 1.12 bits per heavy atom. The van der Waals surface area contributed by atoms with Crippen molar-refractivity contribution in [3.63, 3.8) is 0 Å². The first-order valence-corrected chi connectivity index (χ1v) is 10.5. The van der Waals surface area contributed by atoms with Gasteiger partial charge in [0.2, 0.25) is 0 Å². The van der Waals surface area contributed by atoms with Crippen LogP contribution in [0.15, 0.2) is 34.3 Å². The molecule has 2 amide bonds. The minimum absolute atomic E-state index is 0.0848. The largest absolute Gasteiger partial charge is 0.336 e. The second-order valence-corrected chi connectivity index (χ2v) is 7.98. The number of rotatable bonds is 6. The van der Waals surface area contributed by atoms with E-state index in [9.17, 15) is 4.79 Å². The third kappa shape index (κ3) is 5.06. The molecule has 1 aliphatic heterocycles. The van der Waals surface area contributed by atoms with Crippen molar-refractivity contribution in [2.45, 2.75) is 38.3 Å². The summed E-state index contributed by atoms with van der Waals surface area (Å²) in [5.41, 5.74) is 1.32. The van der Waals surface area contributed by atoms with E-state index >= 15 is 0 Å². The van der Waals surface area contributed by atoms with Crippen molar-refractivity contribution in [3.8, 4) is 0 Å². The Kier molecular flexibility index (Phi) is 6.69. The quantitative estimate of drug-likeness (QED) is 0.807. The number of carbonyl (C=O) groups is 1. The summed E-state index contributed by atoms with van der Waals surface area (Å²) in [7, 11) is 0. The molecule has 1 fully saturated rings. The lowest BCUT2D eigenvalue weighted by Crippen LogP contribution is -2.42. The zero-order chi connectivity index (χ0) is 16.6. The minimum Gasteiger partial charge on any atom is -0.336 e. The molecule has 0 saturated carbocycles. The van der Waals surface area contributed by atoms with Crippen LogP contribution in [-0.2, 0) is 6.54 Å². The Labute approximate surface area is 151 Å². The highest BCUT2D eigenvalue weighted by molar-refractivity contribution is 7.09. The van der Waals surface area contributed by atoms with E-state index in [1.54, 1.807) is 22.7 Å². The Bertz CT molecular complexity index is 590. The van der Waals surface area contributed by atoms with Crippen LogP contribution >= 0.6 is 22.7 Å². The third-order valence-electron chi connectivity index (χ3n) is 4.47. The summed E-state index contributed by atoms with van der Waals surface area (Å²) < 4.78 is 0. The van der Waals surface area contributed by atoms with E-state index in [1.807, 2.05) is 17.5 Å². The van der Waals surface area contributed by atoms with E-state index in [2.05, 4.69) is 32.4 Å². The molecule has 1 saturated heterocycles. The van der Waals surface area contributed by atoms with Crippen molar-refractivity contribution < 1.29 is 4.79 Å². The van der Waals surface area contributed by atoms with E-state index in [0.717, 1.165) is 13.1 Å². The van der Waals surface area contributed by atoms with E-state index in [0.29, 0.717) is 13.1 Å². The molecule has 3 rings (SSSR count). The number of urea groups is 1. The van der Waals surface area contributed by atoms with Gasteiger partial charge >= 0.3 is 6.03 Å². The van der Waals surface area contributed by atoms with Gasteiger partial charge in [0, 0.05) is 11.4 Å². The number of amides is 2. The van der Waals surface area contributed by atoms with E-state index in [1.165, 1.54) is 36.1 Å². The monoisotopic (exact) mass is 363 g/mol. The third-order valence-corrected chi connectivity index (χ3v) is 6.05. The first-order chi connectivity index (χ1) is 11.8. The lowest BCUT2D eigenvalue weighted by atomic mass is 10.1. The van der Waals surface area contributed by atoms with E-state index < -0.39 is 0 Å². The second-order valence-electron chi connectivity index (χ2n) is 6.17. The van der Waals surface area contributed by atoms with Gasteiger partial charge in [-0.25, -0.2) is 4.79 Å². The Hall–Kier alpha value is -1.37. The molecule has 2 N–H and O–H groups in total. The molecule has 0 aliphatic carbocycles. The molecule has 2 aromatic heterocycles. The first-order valence-electron chi connectivity index (χ1n) is 8.63. The number of hydrogen-bond acceptors (Lipinski definition) is 4. The number of hydrogen-bond donors (Lipinski definition) is 2. The number of nitrogens with zero attached hydrogens (tertiary/aromatic N) is 1. The maximum Gasteiger partial charge on any atom is 0.315 e. The molecule has 0 bridgehead atoms. The standard InChI is InChI=1S/C18H25N3OS2/c22-18(19-12-16-6-5-10-24-16)20-13-17(15-7-11-23-14-15)21-8-3-1-2-4-9-21/h5-7,10-11,14,17H,1-4,8-9,12-13H2,(H2,19,20,22)/t17-/m0/s1. The zero-order valence-corrected chi connectivity index (χ0v) is 15.5. The molecule has 0 aromatic carbocycles.